The van der Waals surface area contributed by atoms with Crippen molar-refractivity contribution in [3.8, 4) is 0 Å². The molecule has 0 radical (unpaired) electrons. The number of piperazine rings is 1. The standard InChI is InChI=1S/C12H13Cl2N3O/c13-10-2-1-8(5-11(10)14)17-7-9-6-15-3-4-16(9)12(17)18/h1-2,5,9,15H,3-4,6-7H2. The molecule has 0 aromatic heterocycles. The van der Waals surface area contributed by atoms with E-state index in [1.807, 2.05) is 11.0 Å². The van der Waals surface area contributed by atoms with Gasteiger partial charge in [0.1, 0.15) is 0 Å². The summed E-state index contributed by atoms with van der Waals surface area (Å²) < 4.78 is 0. The number of benzene rings is 1. The number of urea groups is 1. The lowest BCUT2D eigenvalue weighted by atomic mass is 10.2. The smallest absolute Gasteiger partial charge is 0.317 e. The lowest BCUT2D eigenvalue weighted by Crippen LogP contribution is -2.49. The number of fused-ring (bicyclic) bond motifs is 1. The topological polar surface area (TPSA) is 35.6 Å². The van der Waals surface area contributed by atoms with Crippen LogP contribution in [0, 0.1) is 0 Å². The summed E-state index contributed by atoms with van der Waals surface area (Å²) in [5, 5.41) is 4.28. The Morgan fingerprint density at radius 3 is 2.83 bits per heavy atom. The Bertz CT molecular complexity index is 494. The maximum atomic E-state index is 12.3. The average molecular weight is 286 g/mol. The highest BCUT2D eigenvalue weighted by molar-refractivity contribution is 6.42. The van der Waals surface area contributed by atoms with Gasteiger partial charge in [0.15, 0.2) is 0 Å². The Morgan fingerprint density at radius 1 is 1.28 bits per heavy atom. The Kier molecular flexibility index (Phi) is 3.09. The highest BCUT2D eigenvalue weighted by atomic mass is 35.5. The molecule has 0 aliphatic carbocycles. The minimum Gasteiger partial charge on any atom is -0.317 e. The largest absolute Gasteiger partial charge is 0.324 e. The van der Waals surface area contributed by atoms with Gasteiger partial charge in [0.05, 0.1) is 16.1 Å². The first-order chi connectivity index (χ1) is 8.66. The molecular weight excluding hydrogens is 273 g/mol. The second-order valence-electron chi connectivity index (χ2n) is 4.54. The number of hydrogen-bond acceptors (Lipinski definition) is 2. The molecule has 2 aliphatic heterocycles. The quantitative estimate of drug-likeness (QED) is 0.859. The number of amides is 2. The Balaban J connectivity index is 1.88. The van der Waals surface area contributed by atoms with Gasteiger partial charge in [-0.15, -0.1) is 0 Å². The van der Waals surface area contributed by atoms with Crippen LogP contribution in [-0.2, 0) is 0 Å². The van der Waals surface area contributed by atoms with Gasteiger partial charge in [-0.3, -0.25) is 4.90 Å². The van der Waals surface area contributed by atoms with Crippen molar-refractivity contribution >= 4 is 34.9 Å². The third-order valence-electron chi connectivity index (χ3n) is 3.44. The number of hydrogen-bond donors (Lipinski definition) is 1. The molecule has 96 valence electrons. The molecule has 0 bridgehead atoms. The molecule has 2 amide bonds. The molecule has 2 heterocycles. The van der Waals surface area contributed by atoms with Crippen molar-refractivity contribution in [1.29, 1.82) is 0 Å². The van der Waals surface area contributed by atoms with E-state index in [1.165, 1.54) is 0 Å². The maximum absolute atomic E-state index is 12.3. The number of nitrogens with zero attached hydrogens (tertiary/aromatic N) is 2. The summed E-state index contributed by atoms with van der Waals surface area (Å²) in [5.41, 5.74) is 0.809. The van der Waals surface area contributed by atoms with Crippen molar-refractivity contribution in [2.45, 2.75) is 6.04 Å². The van der Waals surface area contributed by atoms with E-state index < -0.39 is 0 Å². The van der Waals surface area contributed by atoms with Crippen LogP contribution in [0.3, 0.4) is 0 Å². The molecule has 2 aliphatic rings. The normalized spacial score (nSPS) is 23.4. The molecule has 2 saturated heterocycles. The van der Waals surface area contributed by atoms with E-state index >= 15 is 0 Å². The van der Waals surface area contributed by atoms with Crippen LogP contribution in [0.25, 0.3) is 0 Å². The number of nitrogens with one attached hydrogen (secondary N) is 1. The van der Waals surface area contributed by atoms with E-state index in [2.05, 4.69) is 5.32 Å². The van der Waals surface area contributed by atoms with Gasteiger partial charge in [-0.1, -0.05) is 23.2 Å². The Hall–Kier alpha value is -0.970. The van der Waals surface area contributed by atoms with E-state index in [1.54, 1.807) is 17.0 Å². The average Bonchev–Trinajstić information content (AvgIpc) is 2.71. The molecule has 4 nitrogen and oxygen atoms in total. The van der Waals surface area contributed by atoms with Crippen LogP contribution in [0.2, 0.25) is 10.0 Å². The number of carbonyl (C=O) groups is 1. The first kappa shape index (κ1) is 12.1. The number of anilines is 1. The number of rotatable bonds is 1. The Labute approximate surface area is 115 Å². The summed E-state index contributed by atoms with van der Waals surface area (Å²) in [5.74, 6) is 0. The second kappa shape index (κ2) is 4.61. The van der Waals surface area contributed by atoms with Crippen molar-refractivity contribution in [3.05, 3.63) is 28.2 Å². The van der Waals surface area contributed by atoms with E-state index in [4.69, 9.17) is 23.2 Å². The minimum atomic E-state index is 0.0555. The Morgan fingerprint density at radius 2 is 2.11 bits per heavy atom. The van der Waals surface area contributed by atoms with Crippen LogP contribution < -0.4 is 10.2 Å². The van der Waals surface area contributed by atoms with Gasteiger partial charge in [0.25, 0.3) is 0 Å². The predicted octanol–water partition coefficient (Wildman–Crippen LogP) is 2.21. The summed E-state index contributed by atoms with van der Waals surface area (Å²) in [6, 6.07) is 5.61. The molecule has 18 heavy (non-hydrogen) atoms. The van der Waals surface area contributed by atoms with E-state index in [0.717, 1.165) is 25.3 Å². The van der Waals surface area contributed by atoms with Crippen molar-refractivity contribution < 1.29 is 4.79 Å². The lowest BCUT2D eigenvalue weighted by molar-refractivity contribution is 0.193. The van der Waals surface area contributed by atoms with E-state index in [-0.39, 0.29) is 12.1 Å². The summed E-state index contributed by atoms with van der Waals surface area (Å²) in [6.45, 7) is 3.17. The van der Waals surface area contributed by atoms with E-state index in [0.29, 0.717) is 16.6 Å². The van der Waals surface area contributed by atoms with Crippen LogP contribution >= 0.6 is 23.2 Å². The van der Waals surface area contributed by atoms with Crippen LogP contribution in [0.15, 0.2) is 18.2 Å². The van der Waals surface area contributed by atoms with Gasteiger partial charge in [0, 0.05) is 31.9 Å². The molecule has 2 fully saturated rings. The molecule has 1 aromatic carbocycles. The first-order valence-corrected chi connectivity index (χ1v) is 6.66. The summed E-state index contributed by atoms with van der Waals surface area (Å²) >= 11 is 11.9. The molecular formula is C12H13Cl2N3O. The van der Waals surface area contributed by atoms with E-state index in [9.17, 15) is 4.79 Å². The molecule has 0 saturated carbocycles. The molecule has 0 spiro atoms. The number of carbonyl (C=O) groups excluding carboxylic acids is 1. The fourth-order valence-corrected chi connectivity index (χ4v) is 2.78. The third-order valence-corrected chi connectivity index (χ3v) is 4.17. The minimum absolute atomic E-state index is 0.0555. The van der Waals surface area contributed by atoms with Gasteiger partial charge in [0.2, 0.25) is 0 Å². The summed E-state index contributed by atoms with van der Waals surface area (Å²) in [6.07, 6.45) is 0. The highest BCUT2D eigenvalue weighted by Gasteiger charge is 2.39. The van der Waals surface area contributed by atoms with Gasteiger partial charge in [-0.25, -0.2) is 4.79 Å². The zero-order chi connectivity index (χ0) is 12.7. The van der Waals surface area contributed by atoms with Crippen molar-refractivity contribution in [2.75, 3.05) is 31.1 Å². The SMILES string of the molecule is O=C1N(c2ccc(Cl)c(Cl)c2)CC2CNCCN12. The predicted molar refractivity (Wildman–Crippen MR) is 72.6 cm³/mol. The monoisotopic (exact) mass is 285 g/mol. The lowest BCUT2D eigenvalue weighted by Gasteiger charge is -2.28. The van der Waals surface area contributed by atoms with Crippen LogP contribution in [0.5, 0.6) is 0 Å². The van der Waals surface area contributed by atoms with Crippen LogP contribution in [-0.4, -0.2) is 43.2 Å². The van der Waals surface area contributed by atoms with Crippen LogP contribution in [0.4, 0.5) is 10.5 Å². The fourth-order valence-electron chi connectivity index (χ4n) is 2.49. The highest BCUT2D eigenvalue weighted by Crippen LogP contribution is 2.30. The summed E-state index contributed by atoms with van der Waals surface area (Å²) in [7, 11) is 0. The van der Waals surface area contributed by atoms with Crippen molar-refractivity contribution in [3.63, 3.8) is 0 Å². The summed E-state index contributed by atoms with van der Waals surface area (Å²) in [4.78, 5) is 16.0. The zero-order valence-electron chi connectivity index (χ0n) is 9.70. The molecule has 1 N–H and O–H groups in total. The number of halogens is 2. The molecule has 3 rings (SSSR count). The molecule has 1 unspecified atom stereocenters. The maximum Gasteiger partial charge on any atom is 0.324 e. The zero-order valence-corrected chi connectivity index (χ0v) is 11.2. The van der Waals surface area contributed by atoms with Gasteiger partial charge in [-0.2, -0.15) is 0 Å². The molecule has 1 aromatic rings. The van der Waals surface area contributed by atoms with Gasteiger partial charge >= 0.3 is 6.03 Å². The fraction of sp³-hybridized carbons (Fsp3) is 0.417. The van der Waals surface area contributed by atoms with Crippen LogP contribution in [0.1, 0.15) is 0 Å². The van der Waals surface area contributed by atoms with Crippen molar-refractivity contribution in [1.82, 2.24) is 10.2 Å². The third kappa shape index (κ3) is 1.94. The molecule has 6 heteroatoms. The van der Waals surface area contributed by atoms with Crippen molar-refractivity contribution in [2.24, 2.45) is 0 Å². The first-order valence-electron chi connectivity index (χ1n) is 5.91. The van der Waals surface area contributed by atoms with Gasteiger partial charge < -0.3 is 10.2 Å². The molecule has 1 atom stereocenters. The van der Waals surface area contributed by atoms with Gasteiger partial charge in [-0.05, 0) is 18.2 Å². The second-order valence-corrected chi connectivity index (χ2v) is 5.36.